The number of benzene rings is 1. The maximum Gasteiger partial charge on any atom is 0.122 e. The zero-order valence-corrected chi connectivity index (χ0v) is 9.75. The van der Waals surface area contributed by atoms with Crippen molar-refractivity contribution in [1.82, 2.24) is 0 Å². The normalized spacial score (nSPS) is 22.4. The largest absolute Gasteiger partial charge is 0.493 e. The quantitative estimate of drug-likeness (QED) is 0.838. The van der Waals surface area contributed by atoms with Gasteiger partial charge in [0.05, 0.1) is 6.61 Å². The highest BCUT2D eigenvalue weighted by Gasteiger charge is 2.24. The molecule has 14 heavy (non-hydrogen) atoms. The van der Waals surface area contributed by atoms with Crippen molar-refractivity contribution in [3.63, 3.8) is 0 Å². The number of ether oxygens (including phenoxy) is 1. The van der Waals surface area contributed by atoms with Gasteiger partial charge in [0.2, 0.25) is 0 Å². The topological polar surface area (TPSA) is 35.2 Å². The summed E-state index contributed by atoms with van der Waals surface area (Å²) in [6, 6.07) is 6.31. The Morgan fingerprint density at radius 2 is 2.36 bits per heavy atom. The minimum atomic E-state index is 0.187. The monoisotopic (exact) mass is 255 g/mol. The van der Waals surface area contributed by atoms with Crippen LogP contribution in [-0.2, 0) is 0 Å². The van der Waals surface area contributed by atoms with Crippen molar-refractivity contribution in [2.75, 3.05) is 6.61 Å². The molecule has 1 aromatic carbocycles. The third kappa shape index (κ3) is 1.79. The Balaban J connectivity index is 2.41. The zero-order chi connectivity index (χ0) is 10.1. The smallest absolute Gasteiger partial charge is 0.122 e. The molecule has 1 heterocycles. The molecular weight excluding hydrogens is 242 g/mol. The lowest BCUT2D eigenvalue weighted by atomic mass is 9.88. The minimum absolute atomic E-state index is 0.187. The molecule has 2 rings (SSSR count). The van der Waals surface area contributed by atoms with Crippen LogP contribution >= 0.6 is 15.9 Å². The summed E-state index contributed by atoms with van der Waals surface area (Å²) in [5.41, 5.74) is 7.20. The molecule has 3 heteroatoms. The minimum Gasteiger partial charge on any atom is -0.493 e. The van der Waals surface area contributed by atoms with Crippen LogP contribution in [0.4, 0.5) is 0 Å². The van der Waals surface area contributed by atoms with E-state index < -0.39 is 0 Å². The van der Waals surface area contributed by atoms with Crippen LogP contribution in [0, 0.1) is 0 Å². The molecule has 0 aliphatic carbocycles. The van der Waals surface area contributed by atoms with E-state index in [1.54, 1.807) is 0 Å². The van der Waals surface area contributed by atoms with Crippen molar-refractivity contribution in [2.24, 2.45) is 5.73 Å². The lowest BCUT2D eigenvalue weighted by Crippen LogP contribution is -2.29. The molecule has 2 N–H and O–H groups in total. The van der Waals surface area contributed by atoms with E-state index >= 15 is 0 Å². The Hall–Kier alpha value is -0.540. The third-order valence-electron chi connectivity index (χ3n) is 2.69. The molecule has 76 valence electrons. The number of fused-ring (bicyclic) bond motifs is 1. The van der Waals surface area contributed by atoms with Gasteiger partial charge in [0.1, 0.15) is 5.75 Å². The maximum atomic E-state index is 5.96. The van der Waals surface area contributed by atoms with Gasteiger partial charge < -0.3 is 10.5 Å². The van der Waals surface area contributed by atoms with E-state index in [0.717, 1.165) is 23.2 Å². The van der Waals surface area contributed by atoms with Crippen molar-refractivity contribution in [3.8, 4) is 5.75 Å². The summed E-state index contributed by atoms with van der Waals surface area (Å²) in [4.78, 5) is 0. The van der Waals surface area contributed by atoms with E-state index in [4.69, 9.17) is 10.5 Å². The van der Waals surface area contributed by atoms with E-state index in [1.165, 1.54) is 5.56 Å². The molecule has 0 aromatic heterocycles. The van der Waals surface area contributed by atoms with Gasteiger partial charge in [0, 0.05) is 16.4 Å². The van der Waals surface area contributed by atoms with Crippen LogP contribution in [0.5, 0.6) is 5.75 Å². The number of rotatable bonds is 1. The molecule has 0 fully saturated rings. The van der Waals surface area contributed by atoms with E-state index in [0.29, 0.717) is 5.92 Å². The molecule has 0 saturated heterocycles. The molecule has 0 spiro atoms. The number of hydrogen-bond acceptors (Lipinski definition) is 2. The molecule has 1 aliphatic heterocycles. The first-order valence-electron chi connectivity index (χ1n) is 4.86. The van der Waals surface area contributed by atoms with Crippen molar-refractivity contribution < 1.29 is 4.74 Å². The standard InChI is InChI=1S/C11H14BrNO/c1-7(13)9-4-5-14-11-3-2-8(12)6-10(9)11/h2-3,6-7,9H,4-5,13H2,1H3. The lowest BCUT2D eigenvalue weighted by Gasteiger charge is -2.28. The SMILES string of the molecule is CC(N)C1CCOc2ccc(Br)cc21. The highest BCUT2D eigenvalue weighted by molar-refractivity contribution is 9.10. The van der Waals surface area contributed by atoms with Crippen LogP contribution < -0.4 is 10.5 Å². The first-order chi connectivity index (χ1) is 6.68. The Morgan fingerprint density at radius 3 is 3.07 bits per heavy atom. The summed E-state index contributed by atoms with van der Waals surface area (Å²) in [5, 5.41) is 0. The van der Waals surface area contributed by atoms with Crippen molar-refractivity contribution >= 4 is 15.9 Å². The Kier molecular flexibility index (Phi) is 2.79. The van der Waals surface area contributed by atoms with Crippen molar-refractivity contribution in [3.05, 3.63) is 28.2 Å². The van der Waals surface area contributed by atoms with Gasteiger partial charge in [-0.25, -0.2) is 0 Å². The number of nitrogens with two attached hydrogens (primary N) is 1. The van der Waals surface area contributed by atoms with Gasteiger partial charge >= 0.3 is 0 Å². The van der Waals surface area contributed by atoms with Crippen LogP contribution in [0.1, 0.15) is 24.8 Å². The van der Waals surface area contributed by atoms with Gasteiger partial charge in [0.25, 0.3) is 0 Å². The van der Waals surface area contributed by atoms with Crippen LogP contribution in [-0.4, -0.2) is 12.6 Å². The summed E-state index contributed by atoms with van der Waals surface area (Å²) in [5.74, 6) is 1.41. The first kappa shape index (κ1) is 9.99. The second-order valence-corrected chi connectivity index (χ2v) is 4.70. The van der Waals surface area contributed by atoms with E-state index in [9.17, 15) is 0 Å². The van der Waals surface area contributed by atoms with Crippen LogP contribution in [0.3, 0.4) is 0 Å². The van der Waals surface area contributed by atoms with Crippen LogP contribution in [0.15, 0.2) is 22.7 Å². The highest BCUT2D eigenvalue weighted by Crippen LogP contribution is 2.36. The van der Waals surface area contributed by atoms with Gasteiger partial charge in [-0.05, 0) is 37.1 Å². The average molecular weight is 256 g/mol. The maximum absolute atomic E-state index is 5.96. The molecule has 0 bridgehead atoms. The predicted octanol–water partition coefficient (Wildman–Crippen LogP) is 2.66. The molecule has 1 aliphatic rings. The fourth-order valence-corrected chi connectivity index (χ4v) is 2.32. The molecule has 2 unspecified atom stereocenters. The summed E-state index contributed by atoms with van der Waals surface area (Å²) in [6.45, 7) is 2.83. The highest BCUT2D eigenvalue weighted by atomic mass is 79.9. The van der Waals surface area contributed by atoms with Crippen LogP contribution in [0.25, 0.3) is 0 Å². The fourth-order valence-electron chi connectivity index (χ4n) is 1.94. The van der Waals surface area contributed by atoms with Crippen molar-refractivity contribution in [2.45, 2.75) is 25.3 Å². The predicted molar refractivity (Wildman–Crippen MR) is 60.6 cm³/mol. The molecule has 0 saturated carbocycles. The Morgan fingerprint density at radius 1 is 1.57 bits per heavy atom. The Labute approximate surface area is 92.6 Å². The second kappa shape index (κ2) is 3.91. The van der Waals surface area contributed by atoms with Crippen molar-refractivity contribution in [1.29, 1.82) is 0 Å². The zero-order valence-electron chi connectivity index (χ0n) is 8.16. The average Bonchev–Trinajstić information content (AvgIpc) is 2.16. The lowest BCUT2D eigenvalue weighted by molar-refractivity contribution is 0.258. The summed E-state index contributed by atoms with van der Waals surface area (Å²) in [6.07, 6.45) is 1.02. The summed E-state index contributed by atoms with van der Waals surface area (Å²) < 4.78 is 6.67. The van der Waals surface area contributed by atoms with Gasteiger partial charge in [0.15, 0.2) is 0 Å². The van der Waals surface area contributed by atoms with Gasteiger partial charge in [-0.1, -0.05) is 15.9 Å². The molecule has 2 nitrogen and oxygen atoms in total. The first-order valence-corrected chi connectivity index (χ1v) is 5.65. The number of hydrogen-bond donors (Lipinski definition) is 1. The molecule has 0 amide bonds. The van der Waals surface area contributed by atoms with Gasteiger partial charge in [-0.2, -0.15) is 0 Å². The molecule has 2 atom stereocenters. The summed E-state index contributed by atoms with van der Waals surface area (Å²) >= 11 is 3.47. The summed E-state index contributed by atoms with van der Waals surface area (Å²) in [7, 11) is 0. The fraction of sp³-hybridized carbons (Fsp3) is 0.455. The van der Waals surface area contributed by atoms with E-state index in [1.807, 2.05) is 12.1 Å². The van der Waals surface area contributed by atoms with E-state index in [-0.39, 0.29) is 6.04 Å². The molecule has 0 radical (unpaired) electrons. The second-order valence-electron chi connectivity index (χ2n) is 3.78. The van der Waals surface area contributed by atoms with Crippen LogP contribution in [0.2, 0.25) is 0 Å². The Bertz CT molecular complexity index is 338. The van der Waals surface area contributed by atoms with E-state index in [2.05, 4.69) is 28.9 Å². The molecular formula is C11H14BrNO. The third-order valence-corrected chi connectivity index (χ3v) is 3.19. The van der Waals surface area contributed by atoms with Gasteiger partial charge in [-0.3, -0.25) is 0 Å². The molecule has 1 aromatic rings. The number of halogens is 1. The van der Waals surface area contributed by atoms with Gasteiger partial charge in [-0.15, -0.1) is 0 Å².